The third-order valence-corrected chi connectivity index (χ3v) is 24.4. The van der Waals surface area contributed by atoms with Gasteiger partial charge in [-0.2, -0.15) is 0 Å². The summed E-state index contributed by atoms with van der Waals surface area (Å²) in [5.74, 6) is 4.28. The predicted octanol–water partition coefficient (Wildman–Crippen LogP) is 32.6. The van der Waals surface area contributed by atoms with E-state index in [1.165, 1.54) is 57.2 Å². The maximum Gasteiger partial charge on any atom is 0.162 e. The number of pyridine rings is 3. The van der Waals surface area contributed by atoms with Crippen LogP contribution < -0.4 is 0 Å². The first kappa shape index (κ1) is 110. The summed E-state index contributed by atoms with van der Waals surface area (Å²) in [6.07, 6.45) is 20.2. The van der Waals surface area contributed by atoms with Gasteiger partial charge in [0.1, 0.15) is 17.3 Å². The molecule has 3 radical (unpaired) electrons. The van der Waals surface area contributed by atoms with Gasteiger partial charge in [-0.25, -0.2) is 0 Å². The fraction of sp³-hybridized carbons (Fsp3) is 0.333. The van der Waals surface area contributed by atoms with Gasteiger partial charge in [-0.15, -0.1) is 105 Å². The van der Waals surface area contributed by atoms with Crippen LogP contribution in [0.2, 0.25) is 0 Å². The number of rotatable bonds is 29. The number of furan rings is 3. The molecule has 0 saturated carbocycles. The monoisotopic (exact) mass is 2300 g/mol. The molecule has 0 aliphatic carbocycles. The minimum atomic E-state index is 0. The van der Waals surface area contributed by atoms with Gasteiger partial charge < -0.3 is 43.5 Å². The van der Waals surface area contributed by atoms with Crippen LogP contribution in [0.15, 0.2) is 261 Å². The Morgan fingerprint density at radius 1 is 0.318 bits per heavy atom. The zero-order valence-electron chi connectivity index (χ0n) is 81.0. The molecule has 14 rings (SSSR count). The molecule has 0 saturated heterocycles. The van der Waals surface area contributed by atoms with Crippen molar-refractivity contribution in [1.82, 2.24) is 15.0 Å². The van der Waals surface area contributed by atoms with E-state index in [9.17, 15) is 29.7 Å². The number of hydrogen-bond donors (Lipinski definition) is 3. The third-order valence-electron chi connectivity index (χ3n) is 24.4. The van der Waals surface area contributed by atoms with E-state index in [0.717, 1.165) is 211 Å². The van der Waals surface area contributed by atoms with Crippen LogP contribution in [0.25, 0.3) is 123 Å². The predicted molar refractivity (Wildman–Crippen MR) is 536 cm³/mol. The first-order valence-electron chi connectivity index (χ1n) is 46.5. The van der Waals surface area contributed by atoms with Gasteiger partial charge in [0.25, 0.3) is 0 Å². The van der Waals surface area contributed by atoms with Crippen molar-refractivity contribution in [3.8, 4) is 90.0 Å². The molecule has 6 aromatic heterocycles. The summed E-state index contributed by atoms with van der Waals surface area (Å²) < 4.78 is 18.5. The van der Waals surface area contributed by atoms with E-state index in [0.29, 0.717) is 0 Å². The second-order valence-corrected chi connectivity index (χ2v) is 33.9. The first-order chi connectivity index (χ1) is 62.1. The van der Waals surface area contributed by atoms with Crippen LogP contribution in [0.1, 0.15) is 210 Å². The normalized spacial score (nSPS) is 11.4. The summed E-state index contributed by atoms with van der Waals surface area (Å²) in [7, 11) is 0. The zero-order chi connectivity index (χ0) is 93.5. The third kappa shape index (κ3) is 30.0. The second-order valence-electron chi connectivity index (χ2n) is 33.9. The van der Waals surface area contributed by atoms with Crippen LogP contribution in [0, 0.1) is 116 Å². The maximum atomic E-state index is 11.7. The molecule has 14 aromatic rings. The number of allylic oxidation sites excluding steroid dienone is 6. The number of aliphatic hydroxyl groups is 3. The maximum absolute atomic E-state index is 11.7. The van der Waals surface area contributed by atoms with Gasteiger partial charge in [0.2, 0.25) is 0 Å². The molecule has 132 heavy (non-hydrogen) atoms. The quantitative estimate of drug-likeness (QED) is 0.0229. The average Bonchev–Trinajstić information content (AvgIpc) is 1.61. The molecule has 0 amide bonds. The fourth-order valence-electron chi connectivity index (χ4n) is 16.7. The Balaban J connectivity index is 0.000000250. The number of hydrogen-bond acceptors (Lipinski definition) is 12. The van der Waals surface area contributed by atoms with Crippen molar-refractivity contribution in [2.45, 2.75) is 222 Å². The summed E-state index contributed by atoms with van der Waals surface area (Å²) in [5.41, 5.74) is 26.9. The van der Waals surface area contributed by atoms with Gasteiger partial charge in [0.05, 0.1) is 35.9 Å². The Labute approximate surface area is 826 Å². The zero-order valence-corrected chi connectivity index (χ0v) is 88.2. The summed E-state index contributed by atoms with van der Waals surface area (Å²) in [5, 5.41) is 32.5. The number of fused-ring (bicyclic) bond motifs is 3. The Morgan fingerprint density at radius 2 is 0.629 bits per heavy atom. The summed E-state index contributed by atoms with van der Waals surface area (Å²) in [6, 6.07) is 77.2. The van der Waals surface area contributed by atoms with E-state index in [1.807, 2.05) is 144 Å². The van der Waals surface area contributed by atoms with Crippen LogP contribution >= 0.6 is 0 Å². The summed E-state index contributed by atoms with van der Waals surface area (Å²) in [4.78, 5) is 49.0. The van der Waals surface area contributed by atoms with Crippen LogP contribution in [-0.4, -0.2) is 47.6 Å². The minimum absolute atomic E-state index is 0. The van der Waals surface area contributed by atoms with Crippen molar-refractivity contribution >= 4 is 50.3 Å². The largest absolute Gasteiger partial charge is 0.512 e. The van der Waals surface area contributed by atoms with Crippen molar-refractivity contribution in [2.24, 2.45) is 35.5 Å². The Morgan fingerprint density at radius 3 is 0.992 bits per heavy atom. The Kier molecular flexibility index (Phi) is 45.5. The SMILES string of the molecule is CCC(CC)C(=O)C=C(O)C(CC)CC.CCC(CC)C(=O)C=C(O)C(CC)CC.CCC(CC)C(=O)C=C(O)C(CC)CC.Cc1[c-]c(-c2cc3c(-c4ccccc4)c(-c4ccccc4)oc3cn2)cc(C)c1.Cc1[c-]c(-c2cc3c(C)c(-c4ccccc4)oc3cn2)cc(C)c1.Cc1[c-]c(-c2cc3cc(-c4ccc(-c5c(C)cccc5C)cc4)oc3cn2)cc(C)c1.[Ir].[Ir].[Ir]. The second kappa shape index (κ2) is 54.5. The molecule has 0 bridgehead atoms. The molecule has 0 atom stereocenters. The van der Waals surface area contributed by atoms with E-state index < -0.39 is 0 Å². The van der Waals surface area contributed by atoms with E-state index in [4.69, 9.17) is 13.3 Å². The van der Waals surface area contributed by atoms with E-state index in [1.54, 1.807) is 0 Å². The molecule has 12 nitrogen and oxygen atoms in total. The van der Waals surface area contributed by atoms with Crippen LogP contribution in [0.5, 0.6) is 0 Å². The first-order valence-corrected chi connectivity index (χ1v) is 46.5. The summed E-state index contributed by atoms with van der Waals surface area (Å²) in [6.45, 7) is 43.1. The van der Waals surface area contributed by atoms with Gasteiger partial charge in [-0.1, -0.05) is 276 Å². The van der Waals surface area contributed by atoms with Gasteiger partial charge in [0, 0.05) is 158 Å². The molecular formula is C117H134Ir3N3O9-3. The van der Waals surface area contributed by atoms with Crippen molar-refractivity contribution < 1.29 is 103 Å². The number of ketones is 3. The molecular weight excluding hydrogens is 2170 g/mol. The van der Waals surface area contributed by atoms with Gasteiger partial charge in [-0.3, -0.25) is 14.4 Å². The van der Waals surface area contributed by atoms with Crippen LogP contribution in [-0.2, 0) is 74.7 Å². The number of nitrogens with zero attached hydrogens (tertiary/aromatic N) is 3. The van der Waals surface area contributed by atoms with Crippen molar-refractivity contribution in [3.05, 3.63) is 316 Å². The molecule has 15 heteroatoms. The molecule has 8 aromatic carbocycles. The van der Waals surface area contributed by atoms with Gasteiger partial charge in [0.15, 0.2) is 34.1 Å². The van der Waals surface area contributed by atoms with E-state index in [-0.39, 0.29) is 130 Å². The molecule has 0 fully saturated rings. The van der Waals surface area contributed by atoms with Crippen LogP contribution in [0.4, 0.5) is 0 Å². The molecule has 0 aliphatic rings. The molecule has 0 unspecified atom stereocenters. The molecule has 0 aliphatic heterocycles. The van der Waals surface area contributed by atoms with E-state index in [2.05, 4.69) is 247 Å². The topological polar surface area (TPSA) is 190 Å². The molecule has 6 heterocycles. The number of carbonyl (C=O) groups excluding carboxylic acids is 3. The number of aryl methyl sites for hydroxylation is 9. The van der Waals surface area contributed by atoms with E-state index >= 15 is 0 Å². The van der Waals surface area contributed by atoms with Gasteiger partial charge >= 0.3 is 0 Å². The number of aromatic nitrogens is 3. The number of benzene rings is 8. The standard InChI is InChI=1S/C29H24NO.C27H20NO.C22H18NO.3C13H24O2.3Ir/c1-18-12-19(2)14-24(13-18)26-15-25-16-27(31-28(25)17-30-26)22-8-10-23(11-9-22)29-20(3)6-5-7-21(29)4;1-18-13-19(2)15-22(14-18)24-16-23-25(17-28-24)29-27(21-11-7-4-8-12-21)26(23)20-9-5-3-6-10-20;1-14-9-15(2)11-18(10-14)20-12-19-16(3)22(24-21(19)13-23-20)17-7-5-4-6-8-17;3*1-5-10(6-2)12(14)9-13(15)11(7-3)8-4;;;/h5-13,15-17H,1-4H3;3-14,16-17H,1-2H3;4-10,12-13H,1-3H3;3*9-11,14H,5-8H2,1-4H3;;;/q3*-1;;;;;;. The van der Waals surface area contributed by atoms with Crippen molar-refractivity contribution in [1.29, 1.82) is 0 Å². The average molecular weight is 2300 g/mol. The molecule has 701 valence electrons. The van der Waals surface area contributed by atoms with Crippen molar-refractivity contribution in [2.75, 3.05) is 0 Å². The fourth-order valence-corrected chi connectivity index (χ4v) is 16.7. The minimum Gasteiger partial charge on any atom is -0.512 e. The Hall–Kier alpha value is -10.6. The smallest absolute Gasteiger partial charge is 0.162 e. The van der Waals surface area contributed by atoms with Gasteiger partial charge in [-0.05, 0) is 149 Å². The number of aliphatic hydroxyl groups excluding tert-OH is 3. The van der Waals surface area contributed by atoms with Crippen LogP contribution in [0.3, 0.4) is 0 Å². The molecule has 0 spiro atoms. The molecule has 3 N–H and O–H groups in total. The summed E-state index contributed by atoms with van der Waals surface area (Å²) >= 11 is 0. The number of carbonyl (C=O) groups is 3. The Bertz CT molecular complexity index is 5900. The van der Waals surface area contributed by atoms with Crippen molar-refractivity contribution in [3.63, 3.8) is 0 Å².